The van der Waals surface area contributed by atoms with Gasteiger partial charge in [0.15, 0.2) is 5.75 Å². The second kappa shape index (κ2) is 2.70. The molecule has 0 spiro atoms. The summed E-state index contributed by atoms with van der Waals surface area (Å²) in [5.74, 6) is -1.78. The molecule has 0 aliphatic carbocycles. The van der Waals surface area contributed by atoms with Gasteiger partial charge in [-0.15, -0.1) is 0 Å². The van der Waals surface area contributed by atoms with Crippen molar-refractivity contribution in [2.75, 3.05) is 0 Å². The number of aromatic hydroxyl groups is 3. The number of benzene rings is 2. The molecule has 0 amide bonds. The molecular formula is C10H7O4. The molecule has 4 heteroatoms. The normalized spacial score (nSPS) is 10.6. The lowest BCUT2D eigenvalue weighted by atomic mass is 10.1. The third kappa shape index (κ3) is 1.08. The van der Waals surface area contributed by atoms with Crippen LogP contribution in [0.15, 0.2) is 24.3 Å². The molecule has 0 aliphatic rings. The molecule has 14 heavy (non-hydrogen) atoms. The van der Waals surface area contributed by atoms with E-state index >= 15 is 0 Å². The smallest absolute Gasteiger partial charge is 0.231 e. The maximum absolute atomic E-state index is 11.4. The fraction of sp³-hybridized carbons (Fsp3) is 0. The maximum Gasteiger partial charge on any atom is 0.231 e. The molecule has 2 aromatic rings. The van der Waals surface area contributed by atoms with Crippen LogP contribution in [-0.4, -0.2) is 15.3 Å². The van der Waals surface area contributed by atoms with E-state index in [4.69, 9.17) is 15.3 Å². The second-order valence-corrected chi connectivity index (χ2v) is 2.98. The molecule has 0 saturated heterocycles. The van der Waals surface area contributed by atoms with Crippen LogP contribution < -0.4 is 0 Å². The van der Waals surface area contributed by atoms with Gasteiger partial charge in [-0.2, -0.15) is 0 Å². The Morgan fingerprint density at radius 3 is 2.43 bits per heavy atom. The molecule has 0 atom stereocenters. The summed E-state index contributed by atoms with van der Waals surface area (Å²) < 4.78 is 0. The van der Waals surface area contributed by atoms with Gasteiger partial charge in [-0.05, 0) is 29.7 Å². The first-order chi connectivity index (χ1) is 6.59. The minimum Gasteiger partial charge on any atom is -0.508 e. The summed E-state index contributed by atoms with van der Waals surface area (Å²) in [6.07, 6.45) is 0. The minimum absolute atomic E-state index is 0.00184. The predicted octanol–water partition coefficient (Wildman–Crippen LogP) is 2.10. The van der Waals surface area contributed by atoms with Crippen LogP contribution in [0.25, 0.3) is 10.8 Å². The predicted molar refractivity (Wildman–Crippen MR) is 49.1 cm³/mol. The van der Waals surface area contributed by atoms with Gasteiger partial charge < -0.3 is 15.3 Å². The van der Waals surface area contributed by atoms with E-state index in [1.165, 1.54) is 24.3 Å². The Morgan fingerprint density at radius 1 is 1.00 bits per heavy atom. The fourth-order valence-electron chi connectivity index (χ4n) is 1.34. The summed E-state index contributed by atoms with van der Waals surface area (Å²) in [5.41, 5.74) is 0. The Morgan fingerprint density at radius 2 is 1.71 bits per heavy atom. The summed E-state index contributed by atoms with van der Waals surface area (Å²) >= 11 is 0. The molecule has 4 nitrogen and oxygen atoms in total. The van der Waals surface area contributed by atoms with Gasteiger partial charge in [-0.1, -0.05) is 0 Å². The molecule has 2 rings (SSSR count). The van der Waals surface area contributed by atoms with E-state index < -0.39 is 17.2 Å². The second-order valence-electron chi connectivity index (χ2n) is 2.98. The van der Waals surface area contributed by atoms with E-state index in [9.17, 15) is 5.11 Å². The zero-order valence-electron chi connectivity index (χ0n) is 7.06. The monoisotopic (exact) mass is 191 g/mol. The van der Waals surface area contributed by atoms with Crippen molar-refractivity contribution < 1.29 is 20.4 Å². The zero-order valence-corrected chi connectivity index (χ0v) is 7.06. The molecular weight excluding hydrogens is 184 g/mol. The Bertz CT molecular complexity index is 505. The van der Waals surface area contributed by atoms with Crippen molar-refractivity contribution in [2.45, 2.75) is 0 Å². The van der Waals surface area contributed by atoms with Crippen LogP contribution in [0.2, 0.25) is 0 Å². The molecule has 3 N–H and O–H groups in total. The molecule has 0 unspecified atom stereocenters. The van der Waals surface area contributed by atoms with Crippen LogP contribution in [0.1, 0.15) is 0 Å². The van der Waals surface area contributed by atoms with E-state index in [0.29, 0.717) is 5.39 Å². The first kappa shape index (κ1) is 8.50. The molecule has 2 aromatic carbocycles. The van der Waals surface area contributed by atoms with Crippen molar-refractivity contribution in [3.63, 3.8) is 0 Å². The summed E-state index contributed by atoms with van der Waals surface area (Å²) in [6, 6.07) is 5.31. The standard InChI is InChI=1S/C10H7O4/c11-6-1-2-7-5(3-6)4-8(12)10(14)9(7)13/h1-4,11-12,14H. The number of fused-ring (bicyclic) bond motifs is 1. The topological polar surface area (TPSA) is 80.6 Å². The summed E-state index contributed by atoms with van der Waals surface area (Å²) in [4.78, 5) is 0. The number of hydrogen-bond donors (Lipinski definition) is 3. The number of rotatable bonds is 0. The van der Waals surface area contributed by atoms with E-state index in [0.717, 1.165) is 0 Å². The number of hydrogen-bond acceptors (Lipinski definition) is 3. The molecule has 1 radical (unpaired) electrons. The molecule has 0 fully saturated rings. The zero-order chi connectivity index (χ0) is 10.3. The van der Waals surface area contributed by atoms with Gasteiger partial charge in [-0.3, -0.25) is 5.11 Å². The Hall–Kier alpha value is -2.10. The molecule has 0 saturated carbocycles. The van der Waals surface area contributed by atoms with Crippen LogP contribution in [0.3, 0.4) is 0 Å². The van der Waals surface area contributed by atoms with Crippen molar-refractivity contribution in [1.29, 1.82) is 0 Å². The van der Waals surface area contributed by atoms with Gasteiger partial charge in [0, 0.05) is 5.39 Å². The summed E-state index contributed by atoms with van der Waals surface area (Å²) in [7, 11) is 0. The van der Waals surface area contributed by atoms with Crippen molar-refractivity contribution in [3.8, 4) is 23.0 Å². The Balaban J connectivity index is 2.91. The highest BCUT2D eigenvalue weighted by Gasteiger charge is 2.12. The van der Waals surface area contributed by atoms with Crippen molar-refractivity contribution in [3.05, 3.63) is 24.3 Å². The highest BCUT2D eigenvalue weighted by Crippen LogP contribution is 2.42. The SMILES string of the molecule is [O]c1c(O)c(O)cc2cc(O)ccc12. The van der Waals surface area contributed by atoms with Gasteiger partial charge >= 0.3 is 0 Å². The van der Waals surface area contributed by atoms with Crippen molar-refractivity contribution in [1.82, 2.24) is 0 Å². The first-order valence-electron chi connectivity index (χ1n) is 3.94. The van der Waals surface area contributed by atoms with Gasteiger partial charge in [0.05, 0.1) is 0 Å². The number of phenols is 3. The molecule has 0 bridgehead atoms. The lowest BCUT2D eigenvalue weighted by Gasteiger charge is -2.03. The third-order valence-electron chi connectivity index (χ3n) is 2.03. The average Bonchev–Trinajstić information content (AvgIpc) is 2.14. The van der Waals surface area contributed by atoms with Gasteiger partial charge in [-0.25, -0.2) is 0 Å². The maximum atomic E-state index is 11.4. The molecule has 71 valence electrons. The van der Waals surface area contributed by atoms with Gasteiger partial charge in [0.25, 0.3) is 0 Å². The van der Waals surface area contributed by atoms with Crippen molar-refractivity contribution >= 4 is 10.8 Å². The largest absolute Gasteiger partial charge is 0.508 e. The van der Waals surface area contributed by atoms with Crippen LogP contribution in [0.4, 0.5) is 0 Å². The lowest BCUT2D eigenvalue weighted by molar-refractivity contribution is 0.318. The molecule has 0 aliphatic heterocycles. The van der Waals surface area contributed by atoms with Crippen LogP contribution in [0, 0.1) is 0 Å². The summed E-state index contributed by atoms with van der Waals surface area (Å²) in [6.45, 7) is 0. The third-order valence-corrected chi connectivity index (χ3v) is 2.03. The lowest BCUT2D eigenvalue weighted by Crippen LogP contribution is -1.76. The highest BCUT2D eigenvalue weighted by molar-refractivity contribution is 5.93. The number of phenolic OH excluding ortho intramolecular Hbond substituents is 3. The quantitative estimate of drug-likeness (QED) is 0.558. The summed E-state index contributed by atoms with van der Waals surface area (Å²) in [5, 5.41) is 39.5. The fourth-order valence-corrected chi connectivity index (χ4v) is 1.34. The highest BCUT2D eigenvalue weighted by atomic mass is 16.3. The van der Waals surface area contributed by atoms with Crippen LogP contribution in [0.5, 0.6) is 23.0 Å². The Labute approximate surface area is 79.3 Å². The Kier molecular flexibility index (Phi) is 1.64. The van der Waals surface area contributed by atoms with E-state index in [-0.39, 0.29) is 11.1 Å². The van der Waals surface area contributed by atoms with Crippen molar-refractivity contribution in [2.24, 2.45) is 0 Å². The average molecular weight is 191 g/mol. The minimum atomic E-state index is -0.664. The molecule has 0 heterocycles. The van der Waals surface area contributed by atoms with Gasteiger partial charge in [0.2, 0.25) is 11.5 Å². The first-order valence-corrected chi connectivity index (χ1v) is 3.94. The van der Waals surface area contributed by atoms with E-state index in [2.05, 4.69) is 0 Å². The van der Waals surface area contributed by atoms with Crippen LogP contribution in [-0.2, 0) is 5.11 Å². The van der Waals surface area contributed by atoms with Crippen LogP contribution >= 0.6 is 0 Å². The molecule has 0 aromatic heterocycles. The van der Waals surface area contributed by atoms with E-state index in [1.54, 1.807) is 0 Å². The van der Waals surface area contributed by atoms with Gasteiger partial charge in [0.1, 0.15) is 5.75 Å². The van der Waals surface area contributed by atoms with E-state index in [1.807, 2.05) is 0 Å².